The summed E-state index contributed by atoms with van der Waals surface area (Å²) in [6, 6.07) is 24.8. The minimum atomic E-state index is -1.79. The molecule has 6 aromatic rings. The number of carbonyl (C=O) groups is 2. The fourth-order valence-corrected chi connectivity index (χ4v) is 7.96. The van der Waals surface area contributed by atoms with E-state index in [0.29, 0.717) is 27.4 Å². The van der Waals surface area contributed by atoms with E-state index < -0.39 is 22.8 Å². The first-order valence-electron chi connectivity index (χ1n) is 14.5. The molecule has 1 atom stereocenters. The van der Waals surface area contributed by atoms with E-state index in [4.69, 9.17) is 9.40 Å². The van der Waals surface area contributed by atoms with E-state index in [2.05, 4.69) is 0 Å². The summed E-state index contributed by atoms with van der Waals surface area (Å²) in [6.45, 7) is 8.17. The number of rotatable bonds is 3. The van der Waals surface area contributed by atoms with Gasteiger partial charge in [-0.1, -0.05) is 77.1 Å². The maximum atomic E-state index is 15.2. The van der Waals surface area contributed by atoms with Gasteiger partial charge in [-0.25, -0.2) is 4.98 Å². The highest BCUT2D eigenvalue weighted by Gasteiger charge is 2.66. The average molecular weight is 598 g/mol. The summed E-state index contributed by atoms with van der Waals surface area (Å²) in [5.41, 5.74) is 5.05. The van der Waals surface area contributed by atoms with Crippen LogP contribution in [0, 0.1) is 27.7 Å². The third kappa shape index (κ3) is 3.48. The molecule has 4 heterocycles. The molecular weight excluding hydrogens is 570 g/mol. The number of carbonyl (C=O) groups excluding carboxylic acids is 2. The summed E-state index contributed by atoms with van der Waals surface area (Å²) in [7, 11) is 0. The Balaban J connectivity index is 1.45. The Morgan fingerprint density at radius 2 is 1.59 bits per heavy atom. The average Bonchev–Trinajstić information content (AvgIpc) is 3.61. The largest absolute Gasteiger partial charge is 0.450 e. The molecule has 0 radical (unpaired) electrons. The minimum Gasteiger partial charge on any atom is -0.450 e. The van der Waals surface area contributed by atoms with Crippen LogP contribution in [0.25, 0.3) is 21.2 Å². The predicted molar refractivity (Wildman–Crippen MR) is 173 cm³/mol. The van der Waals surface area contributed by atoms with Gasteiger partial charge in [-0.2, -0.15) is 0 Å². The van der Waals surface area contributed by atoms with E-state index in [-0.39, 0.29) is 17.9 Å². The van der Waals surface area contributed by atoms with Crippen LogP contribution in [0.5, 0.6) is 0 Å². The normalized spacial score (nSPS) is 17.4. The van der Waals surface area contributed by atoms with E-state index in [1.807, 2.05) is 94.4 Å². The molecule has 1 unspecified atom stereocenters. The molecule has 4 aromatic carbocycles. The lowest BCUT2D eigenvalue weighted by Gasteiger charge is -2.32. The fraction of sp³-hybridized carbons (Fsp3) is 0.167. The van der Waals surface area contributed by atoms with Crippen LogP contribution >= 0.6 is 11.3 Å². The summed E-state index contributed by atoms with van der Waals surface area (Å²) in [6.07, 6.45) is 0. The number of benzene rings is 4. The summed E-state index contributed by atoms with van der Waals surface area (Å²) >= 11 is 1.33. The van der Waals surface area contributed by atoms with Crippen LogP contribution in [0.1, 0.15) is 49.5 Å². The molecule has 216 valence electrons. The Hall–Kier alpha value is -5.08. The van der Waals surface area contributed by atoms with Gasteiger partial charge in [0.15, 0.2) is 16.1 Å². The van der Waals surface area contributed by atoms with E-state index >= 15 is 4.79 Å². The molecule has 1 spiro atoms. The predicted octanol–water partition coefficient (Wildman–Crippen LogP) is 7.09. The lowest BCUT2D eigenvalue weighted by molar-refractivity contribution is -0.121. The number of amides is 2. The lowest BCUT2D eigenvalue weighted by atomic mass is 9.84. The van der Waals surface area contributed by atoms with Crippen LogP contribution in [-0.2, 0) is 16.9 Å². The molecule has 8 rings (SSSR count). The molecule has 0 saturated heterocycles. The Labute approximate surface area is 257 Å². The topological polar surface area (TPSA) is 83.7 Å². The zero-order valence-electron chi connectivity index (χ0n) is 24.6. The van der Waals surface area contributed by atoms with Crippen LogP contribution in [0.15, 0.2) is 88.1 Å². The van der Waals surface area contributed by atoms with E-state index in [0.717, 1.165) is 38.0 Å². The Morgan fingerprint density at radius 3 is 2.39 bits per heavy atom. The Kier molecular flexibility index (Phi) is 5.55. The van der Waals surface area contributed by atoms with Gasteiger partial charge in [0.05, 0.1) is 33.4 Å². The highest BCUT2D eigenvalue weighted by atomic mass is 32.1. The van der Waals surface area contributed by atoms with Gasteiger partial charge in [-0.3, -0.25) is 19.3 Å². The molecule has 2 amide bonds. The number of para-hydroxylation sites is 1. The summed E-state index contributed by atoms with van der Waals surface area (Å²) < 4.78 is 7.15. The third-order valence-electron chi connectivity index (χ3n) is 8.75. The molecule has 2 aliphatic rings. The Morgan fingerprint density at radius 1 is 0.841 bits per heavy atom. The molecule has 44 heavy (non-hydrogen) atoms. The minimum absolute atomic E-state index is 0.0385. The first-order chi connectivity index (χ1) is 21.2. The van der Waals surface area contributed by atoms with Gasteiger partial charge >= 0.3 is 0 Å². The number of hydrogen-bond acceptors (Lipinski definition) is 6. The fourth-order valence-electron chi connectivity index (χ4n) is 6.76. The number of fused-ring (bicyclic) bond motifs is 6. The molecule has 8 heteroatoms. The number of nitrogens with zero attached hydrogens (tertiary/aromatic N) is 3. The maximum Gasteiger partial charge on any atom is 0.297 e. The first kappa shape index (κ1) is 26.5. The summed E-state index contributed by atoms with van der Waals surface area (Å²) in [5, 5.41) is 0.667. The third-order valence-corrected chi connectivity index (χ3v) is 9.74. The molecule has 0 bridgehead atoms. The van der Waals surface area contributed by atoms with Crippen molar-refractivity contribution >= 4 is 55.2 Å². The van der Waals surface area contributed by atoms with E-state index in [1.54, 1.807) is 17.0 Å². The number of hydrogen-bond donors (Lipinski definition) is 0. The van der Waals surface area contributed by atoms with Crippen LogP contribution in [0.2, 0.25) is 0 Å². The van der Waals surface area contributed by atoms with Crippen LogP contribution in [-0.4, -0.2) is 16.8 Å². The maximum absolute atomic E-state index is 15.2. The molecule has 7 nitrogen and oxygen atoms in total. The zero-order valence-corrected chi connectivity index (χ0v) is 25.4. The summed E-state index contributed by atoms with van der Waals surface area (Å²) in [4.78, 5) is 52.4. The van der Waals surface area contributed by atoms with Crippen molar-refractivity contribution in [1.29, 1.82) is 0 Å². The molecule has 2 aliphatic heterocycles. The van der Waals surface area contributed by atoms with Crippen molar-refractivity contribution in [2.24, 2.45) is 0 Å². The molecule has 2 aromatic heterocycles. The van der Waals surface area contributed by atoms with Gasteiger partial charge in [-0.15, -0.1) is 0 Å². The number of aryl methyl sites for hydroxylation is 4. The van der Waals surface area contributed by atoms with E-state index in [1.165, 1.54) is 16.2 Å². The first-order valence-corrected chi connectivity index (χ1v) is 15.3. The van der Waals surface area contributed by atoms with Gasteiger partial charge < -0.3 is 9.32 Å². The van der Waals surface area contributed by atoms with Gasteiger partial charge in [0, 0.05) is 5.56 Å². The zero-order chi connectivity index (χ0) is 30.5. The molecule has 0 fully saturated rings. The second kappa shape index (κ2) is 9.21. The second-order valence-corrected chi connectivity index (χ2v) is 12.8. The molecule has 0 saturated carbocycles. The van der Waals surface area contributed by atoms with Crippen LogP contribution < -0.4 is 15.2 Å². The smallest absolute Gasteiger partial charge is 0.297 e. The van der Waals surface area contributed by atoms with Gasteiger partial charge in [0.25, 0.3) is 11.8 Å². The van der Waals surface area contributed by atoms with Gasteiger partial charge in [-0.05, 0) is 68.7 Å². The van der Waals surface area contributed by atoms with Crippen molar-refractivity contribution in [1.82, 2.24) is 4.98 Å². The van der Waals surface area contributed by atoms with Crippen molar-refractivity contribution in [3.8, 4) is 0 Å². The van der Waals surface area contributed by atoms with E-state index in [9.17, 15) is 9.59 Å². The summed E-state index contributed by atoms with van der Waals surface area (Å²) in [5.74, 6) is -1.08. The highest BCUT2D eigenvalue weighted by molar-refractivity contribution is 7.22. The molecule has 0 N–H and O–H groups in total. The molecule has 0 aliphatic carbocycles. The van der Waals surface area contributed by atoms with Crippen molar-refractivity contribution < 1.29 is 14.0 Å². The standard InChI is InChI=1S/C36H27N3O4S/c1-19-9-12-23(13-10-19)18-38-26-8-6-5-7-25(26)36(34(38)42)29-31(40)24-16-20(2)11-14-27(24)43-32(29)33(41)39(36)35-37-30-22(4)15-21(3)17-28(30)44-35/h5-17H,18H2,1-4H3. The second-order valence-electron chi connectivity index (χ2n) is 11.8. The van der Waals surface area contributed by atoms with Crippen LogP contribution in [0.4, 0.5) is 10.8 Å². The quantitative estimate of drug-likeness (QED) is 0.218. The van der Waals surface area contributed by atoms with Crippen molar-refractivity contribution in [3.63, 3.8) is 0 Å². The van der Waals surface area contributed by atoms with Crippen molar-refractivity contribution in [3.05, 3.63) is 134 Å². The van der Waals surface area contributed by atoms with Gasteiger partial charge in [0.1, 0.15) is 5.58 Å². The van der Waals surface area contributed by atoms with Crippen LogP contribution in [0.3, 0.4) is 0 Å². The van der Waals surface area contributed by atoms with Crippen molar-refractivity contribution in [2.75, 3.05) is 9.80 Å². The molecular formula is C36H27N3O4S. The lowest BCUT2D eigenvalue weighted by Crippen LogP contribution is -2.53. The highest BCUT2D eigenvalue weighted by Crippen LogP contribution is 2.55. The Bertz CT molecular complexity index is 2280. The monoisotopic (exact) mass is 597 g/mol. The number of thiazole rings is 1. The van der Waals surface area contributed by atoms with Crippen molar-refractivity contribution in [2.45, 2.75) is 39.8 Å². The number of aromatic nitrogens is 1. The SMILES string of the molecule is Cc1ccc(CN2C(=O)C3(c4ccccc42)c2c(oc4ccc(C)cc4c2=O)C(=O)N3c2nc3c(C)cc(C)cc3s2)cc1. The number of anilines is 2. The van der Waals surface area contributed by atoms with Gasteiger partial charge in [0.2, 0.25) is 5.76 Å².